The van der Waals surface area contributed by atoms with E-state index in [1.54, 1.807) is 18.1 Å². The van der Waals surface area contributed by atoms with E-state index >= 15 is 0 Å². The van der Waals surface area contributed by atoms with Gasteiger partial charge in [0.2, 0.25) is 5.91 Å². The molecular weight excluding hydrogens is 273 g/mol. The second-order valence-corrected chi connectivity index (χ2v) is 5.28. The van der Waals surface area contributed by atoms with E-state index in [4.69, 9.17) is 9.47 Å². The summed E-state index contributed by atoms with van der Waals surface area (Å²) in [5, 5.41) is 0. The van der Waals surface area contributed by atoms with Crippen LogP contribution >= 0.6 is 0 Å². The third kappa shape index (κ3) is 5.10. The first-order valence-electron chi connectivity index (χ1n) is 7.32. The van der Waals surface area contributed by atoms with Crippen LogP contribution in [0.3, 0.4) is 0 Å². The highest BCUT2D eigenvalue weighted by Crippen LogP contribution is 2.16. The molecule has 0 aromatic heterocycles. The molecule has 0 N–H and O–H groups in total. The minimum atomic E-state index is -0.283. The smallest absolute Gasteiger partial charge is 0.225 e. The van der Waals surface area contributed by atoms with Crippen LogP contribution in [0.25, 0.3) is 0 Å². The molecule has 1 heterocycles. The van der Waals surface area contributed by atoms with Gasteiger partial charge in [-0.2, -0.15) is 0 Å². The van der Waals surface area contributed by atoms with E-state index in [1.807, 2.05) is 6.07 Å². The lowest BCUT2D eigenvalue weighted by Crippen LogP contribution is -2.37. The average Bonchev–Trinajstić information content (AvgIpc) is 2.97. The van der Waals surface area contributed by atoms with Gasteiger partial charge in [0.15, 0.2) is 0 Å². The number of benzene rings is 1. The monoisotopic (exact) mass is 295 g/mol. The zero-order chi connectivity index (χ0) is 15.1. The van der Waals surface area contributed by atoms with Gasteiger partial charge in [-0.05, 0) is 30.5 Å². The lowest BCUT2D eigenvalue weighted by atomic mass is 10.1. The quantitative estimate of drug-likeness (QED) is 0.775. The first-order valence-corrected chi connectivity index (χ1v) is 7.32. The van der Waals surface area contributed by atoms with Crippen LogP contribution in [0, 0.1) is 5.82 Å². The lowest BCUT2D eigenvalue weighted by Gasteiger charge is -2.25. The van der Waals surface area contributed by atoms with Crippen molar-refractivity contribution in [3.63, 3.8) is 0 Å². The number of ether oxygens (including phenoxy) is 2. The number of methoxy groups -OCH3 is 1. The molecule has 0 unspecified atom stereocenters. The minimum absolute atomic E-state index is 0.0108. The molecule has 1 aromatic carbocycles. The van der Waals surface area contributed by atoms with E-state index in [0.717, 1.165) is 25.0 Å². The molecule has 5 heteroatoms. The predicted molar refractivity (Wildman–Crippen MR) is 77.3 cm³/mol. The highest BCUT2D eigenvalue weighted by atomic mass is 19.1. The van der Waals surface area contributed by atoms with Crippen LogP contribution in [0.4, 0.5) is 4.39 Å². The molecule has 21 heavy (non-hydrogen) atoms. The summed E-state index contributed by atoms with van der Waals surface area (Å²) in [5.74, 6) is -0.273. The first kappa shape index (κ1) is 15.9. The summed E-state index contributed by atoms with van der Waals surface area (Å²) in [6.45, 7) is 2.11. The maximum Gasteiger partial charge on any atom is 0.225 e. The molecular formula is C16H22FNO3. The van der Waals surface area contributed by atoms with Gasteiger partial charge in [-0.3, -0.25) is 4.79 Å². The summed E-state index contributed by atoms with van der Waals surface area (Å²) in [6, 6.07) is 6.36. The maximum absolute atomic E-state index is 13.3. The fourth-order valence-electron chi connectivity index (χ4n) is 2.49. The molecule has 1 aliphatic rings. The van der Waals surface area contributed by atoms with Crippen molar-refractivity contribution in [2.45, 2.75) is 31.9 Å². The molecule has 0 bridgehead atoms. The Morgan fingerprint density at radius 2 is 2.38 bits per heavy atom. The molecule has 1 saturated heterocycles. The highest BCUT2D eigenvalue weighted by Gasteiger charge is 2.22. The van der Waals surface area contributed by atoms with E-state index < -0.39 is 0 Å². The zero-order valence-corrected chi connectivity index (χ0v) is 12.4. The van der Waals surface area contributed by atoms with Gasteiger partial charge >= 0.3 is 0 Å². The van der Waals surface area contributed by atoms with Crippen LogP contribution in [-0.4, -0.2) is 43.8 Å². The van der Waals surface area contributed by atoms with Gasteiger partial charge in [0.25, 0.3) is 0 Å². The molecule has 1 amide bonds. The Morgan fingerprint density at radius 3 is 3.05 bits per heavy atom. The number of hydrogen-bond donors (Lipinski definition) is 0. The van der Waals surface area contributed by atoms with Crippen LogP contribution in [0.2, 0.25) is 0 Å². The highest BCUT2D eigenvalue weighted by molar-refractivity contribution is 5.76. The summed E-state index contributed by atoms with van der Waals surface area (Å²) in [5.41, 5.74) is 0.791. The number of halogens is 1. The Bertz CT molecular complexity index is 461. The number of rotatable bonds is 7. The first-order chi connectivity index (χ1) is 10.2. The summed E-state index contributed by atoms with van der Waals surface area (Å²) < 4.78 is 23.8. The molecule has 2 rings (SSSR count). The van der Waals surface area contributed by atoms with E-state index in [1.165, 1.54) is 12.1 Å². The van der Waals surface area contributed by atoms with Gasteiger partial charge in [0.1, 0.15) is 5.82 Å². The molecule has 1 aliphatic heterocycles. The Kier molecular flexibility index (Phi) is 6.14. The van der Waals surface area contributed by atoms with Crippen molar-refractivity contribution in [2.24, 2.45) is 0 Å². The molecule has 4 nitrogen and oxygen atoms in total. The Morgan fingerprint density at radius 1 is 1.52 bits per heavy atom. The van der Waals surface area contributed by atoms with Crippen molar-refractivity contribution in [1.29, 1.82) is 0 Å². The van der Waals surface area contributed by atoms with E-state index in [2.05, 4.69) is 0 Å². The van der Waals surface area contributed by atoms with Crippen molar-refractivity contribution in [3.8, 4) is 0 Å². The van der Waals surface area contributed by atoms with E-state index in [0.29, 0.717) is 26.1 Å². The zero-order valence-electron chi connectivity index (χ0n) is 12.4. The average molecular weight is 295 g/mol. The SMILES string of the molecule is COCCC(=O)N(Cc1cccc(F)c1)C[C@H]1CCCO1. The van der Waals surface area contributed by atoms with Crippen molar-refractivity contribution in [2.75, 3.05) is 26.9 Å². The number of carbonyl (C=O) groups excluding carboxylic acids is 1. The van der Waals surface area contributed by atoms with Crippen LogP contribution in [0.15, 0.2) is 24.3 Å². The summed E-state index contributed by atoms with van der Waals surface area (Å²) in [7, 11) is 1.57. The molecule has 0 radical (unpaired) electrons. The van der Waals surface area contributed by atoms with Gasteiger partial charge in [-0.1, -0.05) is 12.1 Å². The third-order valence-electron chi connectivity index (χ3n) is 3.58. The van der Waals surface area contributed by atoms with Gasteiger partial charge in [0, 0.05) is 26.8 Å². The Hall–Kier alpha value is -1.46. The molecule has 0 aliphatic carbocycles. The fraction of sp³-hybridized carbons (Fsp3) is 0.562. The summed E-state index contributed by atoms with van der Waals surface area (Å²) >= 11 is 0. The fourth-order valence-corrected chi connectivity index (χ4v) is 2.49. The summed E-state index contributed by atoms with van der Waals surface area (Å²) in [6.07, 6.45) is 2.42. The van der Waals surface area contributed by atoms with Crippen molar-refractivity contribution < 1.29 is 18.7 Å². The topological polar surface area (TPSA) is 38.8 Å². The molecule has 0 saturated carbocycles. The Labute approximate surface area is 124 Å². The van der Waals surface area contributed by atoms with Gasteiger partial charge in [0.05, 0.1) is 19.1 Å². The summed E-state index contributed by atoms with van der Waals surface area (Å²) in [4.78, 5) is 14.0. The number of carbonyl (C=O) groups is 1. The number of amides is 1. The number of hydrogen-bond acceptors (Lipinski definition) is 3. The third-order valence-corrected chi connectivity index (χ3v) is 3.58. The normalized spacial score (nSPS) is 17.9. The second-order valence-electron chi connectivity index (χ2n) is 5.28. The van der Waals surface area contributed by atoms with E-state index in [-0.39, 0.29) is 17.8 Å². The lowest BCUT2D eigenvalue weighted by molar-refractivity contribution is -0.134. The van der Waals surface area contributed by atoms with Crippen molar-refractivity contribution in [3.05, 3.63) is 35.6 Å². The minimum Gasteiger partial charge on any atom is -0.384 e. The van der Waals surface area contributed by atoms with Crippen molar-refractivity contribution in [1.82, 2.24) is 4.90 Å². The van der Waals surface area contributed by atoms with Crippen LogP contribution in [0.5, 0.6) is 0 Å². The molecule has 116 valence electrons. The van der Waals surface area contributed by atoms with Gasteiger partial charge in [-0.25, -0.2) is 4.39 Å². The largest absolute Gasteiger partial charge is 0.384 e. The van der Waals surface area contributed by atoms with Crippen LogP contribution < -0.4 is 0 Å². The second kappa shape index (κ2) is 8.10. The standard InChI is InChI=1S/C16H22FNO3/c1-20-9-7-16(19)18(12-15-6-3-8-21-15)11-13-4-2-5-14(17)10-13/h2,4-5,10,15H,3,6-9,11-12H2,1H3/t15-/m1/s1. The number of nitrogens with zero attached hydrogens (tertiary/aromatic N) is 1. The molecule has 1 atom stereocenters. The predicted octanol–water partition coefficient (Wildman–Crippen LogP) is 2.37. The van der Waals surface area contributed by atoms with Gasteiger partial charge in [-0.15, -0.1) is 0 Å². The van der Waals surface area contributed by atoms with E-state index in [9.17, 15) is 9.18 Å². The van der Waals surface area contributed by atoms with Crippen molar-refractivity contribution >= 4 is 5.91 Å². The molecule has 0 spiro atoms. The van der Waals surface area contributed by atoms with Gasteiger partial charge < -0.3 is 14.4 Å². The van der Waals surface area contributed by atoms with Crippen LogP contribution in [0.1, 0.15) is 24.8 Å². The Balaban J connectivity index is 2.01. The molecule has 1 fully saturated rings. The molecule has 1 aromatic rings. The van der Waals surface area contributed by atoms with Crippen LogP contribution in [-0.2, 0) is 20.8 Å². The maximum atomic E-state index is 13.3.